The first-order chi connectivity index (χ1) is 8.29. The predicted molar refractivity (Wildman–Crippen MR) is 73.4 cm³/mol. The van der Waals surface area contributed by atoms with E-state index in [1.54, 1.807) is 11.8 Å². The summed E-state index contributed by atoms with van der Waals surface area (Å²) in [5.74, 6) is 0.867. The summed E-state index contributed by atoms with van der Waals surface area (Å²) in [5.41, 5.74) is 7.63. The van der Waals surface area contributed by atoms with Gasteiger partial charge in [-0.15, -0.1) is 11.8 Å². The van der Waals surface area contributed by atoms with E-state index in [-0.39, 0.29) is 0 Å². The van der Waals surface area contributed by atoms with Gasteiger partial charge in [-0.2, -0.15) is 0 Å². The van der Waals surface area contributed by atoms with E-state index in [0.29, 0.717) is 6.61 Å². The number of hydrogen-bond acceptors (Lipinski definition) is 3. The highest BCUT2D eigenvalue weighted by molar-refractivity contribution is 7.98. The second-order valence-electron chi connectivity index (χ2n) is 3.66. The van der Waals surface area contributed by atoms with Crippen LogP contribution in [-0.2, 0) is 6.61 Å². The zero-order chi connectivity index (χ0) is 12.1. The number of ether oxygens (including phenoxy) is 1. The molecule has 0 saturated carbocycles. The molecule has 2 nitrogen and oxygen atoms in total. The van der Waals surface area contributed by atoms with E-state index < -0.39 is 0 Å². The second kappa shape index (κ2) is 5.64. The van der Waals surface area contributed by atoms with Crippen LogP contribution < -0.4 is 10.5 Å². The van der Waals surface area contributed by atoms with Gasteiger partial charge in [0, 0.05) is 16.1 Å². The molecule has 2 rings (SSSR count). The van der Waals surface area contributed by atoms with Crippen LogP contribution in [0.25, 0.3) is 0 Å². The Hall–Kier alpha value is -1.61. The Balaban J connectivity index is 2.00. The highest BCUT2D eigenvalue weighted by atomic mass is 32.2. The van der Waals surface area contributed by atoms with E-state index in [1.165, 1.54) is 4.90 Å². The maximum Gasteiger partial charge on any atom is 0.119 e. The monoisotopic (exact) mass is 245 g/mol. The van der Waals surface area contributed by atoms with Gasteiger partial charge < -0.3 is 10.5 Å². The van der Waals surface area contributed by atoms with E-state index in [1.807, 2.05) is 48.5 Å². The molecule has 0 aromatic heterocycles. The van der Waals surface area contributed by atoms with Crippen LogP contribution in [0, 0.1) is 0 Å². The summed E-state index contributed by atoms with van der Waals surface area (Å²) in [6.45, 7) is 0.505. The highest BCUT2D eigenvalue weighted by Crippen LogP contribution is 2.20. The van der Waals surface area contributed by atoms with Crippen LogP contribution in [0.5, 0.6) is 5.75 Å². The Labute approximate surface area is 106 Å². The van der Waals surface area contributed by atoms with Crippen LogP contribution in [0.1, 0.15) is 5.56 Å². The van der Waals surface area contributed by atoms with Crippen LogP contribution in [0.4, 0.5) is 5.69 Å². The molecule has 88 valence electrons. The SMILES string of the molecule is CSc1ccc(OCc2ccccc2N)cc1. The minimum atomic E-state index is 0.505. The molecule has 0 fully saturated rings. The summed E-state index contributed by atoms with van der Waals surface area (Å²) in [5, 5.41) is 0. The van der Waals surface area contributed by atoms with Crippen LogP contribution in [-0.4, -0.2) is 6.26 Å². The lowest BCUT2D eigenvalue weighted by atomic mass is 10.2. The standard InChI is InChI=1S/C14H15NOS/c1-17-13-8-6-12(7-9-13)16-10-11-4-2-3-5-14(11)15/h2-9H,10,15H2,1H3. The van der Waals surface area contributed by atoms with Gasteiger partial charge in [-0.25, -0.2) is 0 Å². The average Bonchev–Trinajstić information content (AvgIpc) is 2.38. The van der Waals surface area contributed by atoms with Crippen molar-refractivity contribution >= 4 is 17.4 Å². The Morgan fingerprint density at radius 1 is 1.06 bits per heavy atom. The molecule has 0 unspecified atom stereocenters. The van der Waals surface area contributed by atoms with Crippen LogP contribution in [0.2, 0.25) is 0 Å². The highest BCUT2D eigenvalue weighted by Gasteiger charge is 1.99. The molecule has 17 heavy (non-hydrogen) atoms. The molecular formula is C14H15NOS. The minimum absolute atomic E-state index is 0.505. The maximum atomic E-state index is 5.85. The third-order valence-electron chi connectivity index (χ3n) is 2.51. The Morgan fingerprint density at radius 2 is 1.76 bits per heavy atom. The van der Waals surface area contributed by atoms with Crippen molar-refractivity contribution in [2.75, 3.05) is 12.0 Å². The smallest absolute Gasteiger partial charge is 0.119 e. The van der Waals surface area contributed by atoms with Crippen molar-refractivity contribution in [2.24, 2.45) is 0 Å². The van der Waals surface area contributed by atoms with Crippen molar-refractivity contribution in [3.8, 4) is 5.75 Å². The van der Waals surface area contributed by atoms with Crippen molar-refractivity contribution in [3.05, 3.63) is 54.1 Å². The molecule has 2 aromatic rings. The lowest BCUT2D eigenvalue weighted by Gasteiger charge is -2.08. The fraction of sp³-hybridized carbons (Fsp3) is 0.143. The maximum absolute atomic E-state index is 5.85. The minimum Gasteiger partial charge on any atom is -0.489 e. The first-order valence-electron chi connectivity index (χ1n) is 5.40. The number of anilines is 1. The summed E-state index contributed by atoms with van der Waals surface area (Å²) >= 11 is 1.72. The molecule has 0 amide bonds. The fourth-order valence-electron chi connectivity index (χ4n) is 1.50. The van der Waals surface area contributed by atoms with Crippen LogP contribution in [0.3, 0.4) is 0 Å². The van der Waals surface area contributed by atoms with Crippen molar-refractivity contribution in [2.45, 2.75) is 11.5 Å². The zero-order valence-electron chi connectivity index (χ0n) is 9.72. The molecule has 3 heteroatoms. The molecule has 0 radical (unpaired) electrons. The van der Waals surface area contributed by atoms with Gasteiger partial charge >= 0.3 is 0 Å². The Kier molecular flexibility index (Phi) is 3.94. The largest absolute Gasteiger partial charge is 0.489 e. The first-order valence-corrected chi connectivity index (χ1v) is 6.62. The van der Waals surface area contributed by atoms with Gasteiger partial charge in [0.25, 0.3) is 0 Å². The normalized spacial score (nSPS) is 10.2. The van der Waals surface area contributed by atoms with E-state index >= 15 is 0 Å². The topological polar surface area (TPSA) is 35.2 Å². The summed E-state index contributed by atoms with van der Waals surface area (Å²) in [6, 6.07) is 15.8. The van der Waals surface area contributed by atoms with Gasteiger partial charge in [0.2, 0.25) is 0 Å². The third-order valence-corrected chi connectivity index (χ3v) is 3.25. The number of nitrogen functional groups attached to an aromatic ring is 1. The summed E-state index contributed by atoms with van der Waals surface area (Å²) in [7, 11) is 0. The van der Waals surface area contributed by atoms with Gasteiger partial charge in [0.15, 0.2) is 0 Å². The Morgan fingerprint density at radius 3 is 2.41 bits per heavy atom. The number of para-hydroxylation sites is 1. The first kappa shape index (κ1) is 11.9. The molecule has 0 bridgehead atoms. The lowest BCUT2D eigenvalue weighted by molar-refractivity contribution is 0.306. The van der Waals surface area contributed by atoms with Crippen LogP contribution in [0.15, 0.2) is 53.4 Å². The summed E-state index contributed by atoms with van der Waals surface area (Å²) in [4.78, 5) is 1.23. The zero-order valence-corrected chi connectivity index (χ0v) is 10.5. The molecule has 0 saturated heterocycles. The molecule has 0 spiro atoms. The van der Waals surface area contributed by atoms with Gasteiger partial charge in [-0.1, -0.05) is 18.2 Å². The molecule has 0 aliphatic rings. The number of nitrogens with two attached hydrogens (primary N) is 1. The van der Waals surface area contributed by atoms with Gasteiger partial charge in [0.05, 0.1) is 0 Å². The molecule has 0 heterocycles. The van der Waals surface area contributed by atoms with E-state index in [2.05, 4.69) is 6.26 Å². The van der Waals surface area contributed by atoms with Crippen molar-refractivity contribution < 1.29 is 4.74 Å². The summed E-state index contributed by atoms with van der Waals surface area (Å²) < 4.78 is 5.68. The number of thioether (sulfide) groups is 1. The average molecular weight is 245 g/mol. The molecular weight excluding hydrogens is 230 g/mol. The van der Waals surface area contributed by atoms with Crippen molar-refractivity contribution in [1.29, 1.82) is 0 Å². The van der Waals surface area contributed by atoms with E-state index in [9.17, 15) is 0 Å². The molecule has 2 aromatic carbocycles. The Bertz CT molecular complexity index is 482. The molecule has 0 atom stereocenters. The quantitative estimate of drug-likeness (QED) is 0.660. The van der Waals surface area contributed by atoms with Crippen LogP contribution >= 0.6 is 11.8 Å². The number of hydrogen-bond donors (Lipinski definition) is 1. The van der Waals surface area contributed by atoms with E-state index in [0.717, 1.165) is 17.0 Å². The van der Waals surface area contributed by atoms with Gasteiger partial charge in [-0.3, -0.25) is 0 Å². The van der Waals surface area contributed by atoms with E-state index in [4.69, 9.17) is 10.5 Å². The predicted octanol–water partition coefficient (Wildman–Crippen LogP) is 3.57. The molecule has 0 aliphatic heterocycles. The van der Waals surface area contributed by atoms with Crippen molar-refractivity contribution in [3.63, 3.8) is 0 Å². The number of benzene rings is 2. The molecule has 2 N–H and O–H groups in total. The second-order valence-corrected chi connectivity index (χ2v) is 4.54. The lowest BCUT2D eigenvalue weighted by Crippen LogP contribution is -1.99. The van der Waals surface area contributed by atoms with Gasteiger partial charge in [0.1, 0.15) is 12.4 Å². The van der Waals surface area contributed by atoms with Gasteiger partial charge in [-0.05, 0) is 36.6 Å². The van der Waals surface area contributed by atoms with Crippen molar-refractivity contribution in [1.82, 2.24) is 0 Å². The summed E-state index contributed by atoms with van der Waals surface area (Å²) in [6.07, 6.45) is 2.06. The number of rotatable bonds is 4. The fourth-order valence-corrected chi connectivity index (χ4v) is 1.91. The third kappa shape index (κ3) is 3.17. The molecule has 0 aliphatic carbocycles.